The smallest absolute Gasteiger partial charge is 0.231 e. The van der Waals surface area contributed by atoms with E-state index in [9.17, 15) is 9.59 Å². The highest BCUT2D eigenvalue weighted by Gasteiger charge is 2.35. The second-order valence-electron chi connectivity index (χ2n) is 8.09. The molecule has 34 heavy (non-hydrogen) atoms. The van der Waals surface area contributed by atoms with Crippen molar-refractivity contribution in [2.45, 2.75) is 24.9 Å². The molecule has 1 aliphatic rings. The number of nitrogens with one attached hydrogen (secondary N) is 1. The van der Waals surface area contributed by atoms with Gasteiger partial charge in [0.1, 0.15) is 11.5 Å². The predicted molar refractivity (Wildman–Crippen MR) is 137 cm³/mol. The topological polar surface area (TPSA) is 80.8 Å². The van der Waals surface area contributed by atoms with E-state index in [0.29, 0.717) is 11.7 Å². The minimum absolute atomic E-state index is 0.0330. The van der Waals surface area contributed by atoms with Crippen molar-refractivity contribution in [2.24, 2.45) is 5.92 Å². The summed E-state index contributed by atoms with van der Waals surface area (Å²) in [5.74, 6) is 2.44. The lowest BCUT2D eigenvalue weighted by Gasteiger charge is -2.16. The minimum atomic E-state index is -0.390. The lowest BCUT2D eigenvalue weighted by molar-refractivity contribution is -0.122. The average molecular weight is 498 g/mol. The Labute approximate surface area is 207 Å². The number of thiazole rings is 1. The van der Waals surface area contributed by atoms with Crippen molar-refractivity contribution in [3.63, 3.8) is 0 Å². The largest absolute Gasteiger partial charge is 0.497 e. The summed E-state index contributed by atoms with van der Waals surface area (Å²) in [6, 6.07) is 13.6. The van der Waals surface area contributed by atoms with Crippen molar-refractivity contribution in [3.05, 3.63) is 64.7 Å². The first-order valence-electron chi connectivity index (χ1n) is 10.9. The van der Waals surface area contributed by atoms with Crippen molar-refractivity contribution in [2.75, 3.05) is 31.0 Å². The van der Waals surface area contributed by atoms with E-state index in [1.54, 1.807) is 30.9 Å². The van der Waals surface area contributed by atoms with Crippen LogP contribution in [0.15, 0.2) is 47.8 Å². The number of benzene rings is 2. The Morgan fingerprint density at radius 2 is 1.85 bits per heavy atom. The zero-order valence-electron chi connectivity index (χ0n) is 19.4. The van der Waals surface area contributed by atoms with Crippen molar-refractivity contribution < 1.29 is 19.1 Å². The van der Waals surface area contributed by atoms with Crippen LogP contribution < -0.4 is 19.7 Å². The Morgan fingerprint density at radius 1 is 1.15 bits per heavy atom. The second-order valence-corrected chi connectivity index (χ2v) is 9.93. The number of anilines is 2. The number of thioether (sulfide) groups is 1. The van der Waals surface area contributed by atoms with Gasteiger partial charge in [-0.25, -0.2) is 4.98 Å². The van der Waals surface area contributed by atoms with Gasteiger partial charge in [0.05, 0.1) is 25.8 Å². The van der Waals surface area contributed by atoms with E-state index in [1.165, 1.54) is 11.3 Å². The summed E-state index contributed by atoms with van der Waals surface area (Å²) in [5.41, 5.74) is 3.97. The van der Waals surface area contributed by atoms with Crippen LogP contribution in [0.1, 0.15) is 23.2 Å². The third kappa shape index (κ3) is 5.90. The van der Waals surface area contributed by atoms with Gasteiger partial charge in [-0.3, -0.25) is 9.59 Å². The summed E-state index contributed by atoms with van der Waals surface area (Å²) in [7, 11) is 3.27. The number of ether oxygens (including phenoxy) is 2. The van der Waals surface area contributed by atoms with Crippen molar-refractivity contribution in [1.82, 2.24) is 4.98 Å². The van der Waals surface area contributed by atoms with Crippen LogP contribution in [0.3, 0.4) is 0 Å². The summed E-state index contributed by atoms with van der Waals surface area (Å²) < 4.78 is 10.6. The number of amides is 2. The maximum absolute atomic E-state index is 12.8. The van der Waals surface area contributed by atoms with Crippen LogP contribution in [0.25, 0.3) is 0 Å². The monoisotopic (exact) mass is 497 g/mol. The van der Waals surface area contributed by atoms with Gasteiger partial charge in [0.15, 0.2) is 5.13 Å². The molecule has 0 saturated carbocycles. The molecule has 0 radical (unpaired) electrons. The number of nitrogens with zero attached hydrogens (tertiary/aromatic N) is 2. The molecule has 3 aromatic rings. The van der Waals surface area contributed by atoms with E-state index in [1.807, 2.05) is 54.8 Å². The van der Waals surface area contributed by atoms with Gasteiger partial charge in [-0.1, -0.05) is 17.7 Å². The van der Waals surface area contributed by atoms with Crippen LogP contribution in [0.5, 0.6) is 11.5 Å². The van der Waals surface area contributed by atoms with E-state index in [0.717, 1.165) is 45.5 Å². The fraction of sp³-hybridized carbons (Fsp3) is 0.320. The number of aromatic nitrogens is 1. The lowest BCUT2D eigenvalue weighted by atomic mass is 10.1. The van der Waals surface area contributed by atoms with Crippen LogP contribution in [-0.2, 0) is 21.1 Å². The summed E-state index contributed by atoms with van der Waals surface area (Å²) in [4.78, 5) is 31.5. The molecule has 0 spiro atoms. The molecule has 1 fully saturated rings. The first kappa shape index (κ1) is 24.1. The van der Waals surface area contributed by atoms with E-state index in [4.69, 9.17) is 9.47 Å². The summed E-state index contributed by atoms with van der Waals surface area (Å²) in [6.45, 7) is 2.38. The van der Waals surface area contributed by atoms with E-state index < -0.39 is 5.92 Å². The number of methoxy groups -OCH3 is 2. The standard InChI is InChI=1S/C25H27N3O4S2/c1-16-4-6-20(7-5-16)28-12-18(10-23(28)29)24(30)27-25-26-19(15-34-25)14-33-13-17-8-21(31-2)11-22(9-17)32-3/h4-9,11,15,18H,10,12-14H2,1-3H3,(H,26,27,30). The molecule has 1 aromatic heterocycles. The third-order valence-corrected chi connectivity index (χ3v) is 7.40. The molecule has 4 rings (SSSR count). The second kappa shape index (κ2) is 10.9. The van der Waals surface area contributed by atoms with E-state index >= 15 is 0 Å². The summed E-state index contributed by atoms with van der Waals surface area (Å²) >= 11 is 3.12. The zero-order valence-corrected chi connectivity index (χ0v) is 21.0. The zero-order chi connectivity index (χ0) is 24.1. The number of aryl methyl sites for hydroxylation is 1. The van der Waals surface area contributed by atoms with Gasteiger partial charge in [-0.2, -0.15) is 11.8 Å². The molecule has 1 atom stereocenters. The quantitative estimate of drug-likeness (QED) is 0.453. The van der Waals surface area contributed by atoms with Crippen molar-refractivity contribution >= 4 is 45.7 Å². The normalized spacial score (nSPS) is 15.4. The first-order chi connectivity index (χ1) is 16.4. The van der Waals surface area contributed by atoms with Crippen molar-refractivity contribution in [1.29, 1.82) is 0 Å². The van der Waals surface area contributed by atoms with Gasteiger partial charge in [0.2, 0.25) is 11.8 Å². The molecule has 7 nitrogen and oxygen atoms in total. The highest BCUT2D eigenvalue weighted by molar-refractivity contribution is 7.97. The maximum Gasteiger partial charge on any atom is 0.231 e. The van der Waals surface area contributed by atoms with Gasteiger partial charge in [0, 0.05) is 41.6 Å². The highest BCUT2D eigenvalue weighted by atomic mass is 32.2. The van der Waals surface area contributed by atoms with E-state index in [-0.39, 0.29) is 18.2 Å². The molecule has 2 amide bonds. The first-order valence-corrected chi connectivity index (χ1v) is 12.9. The lowest BCUT2D eigenvalue weighted by Crippen LogP contribution is -2.28. The van der Waals surface area contributed by atoms with Crippen LogP contribution in [0, 0.1) is 12.8 Å². The Morgan fingerprint density at radius 3 is 2.53 bits per heavy atom. The van der Waals surface area contributed by atoms with Gasteiger partial charge in [-0.05, 0) is 36.8 Å². The van der Waals surface area contributed by atoms with Gasteiger partial charge < -0.3 is 19.7 Å². The fourth-order valence-electron chi connectivity index (χ4n) is 3.72. The number of hydrogen-bond acceptors (Lipinski definition) is 7. The van der Waals surface area contributed by atoms with Gasteiger partial charge >= 0.3 is 0 Å². The minimum Gasteiger partial charge on any atom is -0.497 e. The predicted octanol–water partition coefficient (Wildman–Crippen LogP) is 4.89. The average Bonchev–Trinajstić information content (AvgIpc) is 3.45. The van der Waals surface area contributed by atoms with Gasteiger partial charge in [-0.15, -0.1) is 11.3 Å². The molecule has 1 unspecified atom stereocenters. The SMILES string of the molecule is COc1cc(CSCc2csc(NC(=O)C3CC(=O)N(c4ccc(C)cc4)C3)n2)cc(OC)c1. The van der Waals surface area contributed by atoms with Crippen molar-refractivity contribution in [3.8, 4) is 11.5 Å². The number of carbonyl (C=O) groups is 2. The molecule has 2 heterocycles. The molecule has 2 aromatic carbocycles. The number of carbonyl (C=O) groups excluding carboxylic acids is 2. The third-order valence-electron chi connectivity index (χ3n) is 5.55. The molecule has 0 bridgehead atoms. The van der Waals surface area contributed by atoms with Crippen LogP contribution in [0.4, 0.5) is 10.8 Å². The van der Waals surface area contributed by atoms with Crippen LogP contribution >= 0.6 is 23.1 Å². The Bertz CT molecular complexity index is 1140. The van der Waals surface area contributed by atoms with Crippen LogP contribution in [0.2, 0.25) is 0 Å². The number of rotatable bonds is 9. The molecular weight excluding hydrogens is 470 g/mol. The maximum atomic E-state index is 12.8. The Kier molecular flexibility index (Phi) is 7.74. The molecule has 1 N–H and O–H groups in total. The Balaban J connectivity index is 1.29. The molecule has 0 aliphatic carbocycles. The van der Waals surface area contributed by atoms with E-state index in [2.05, 4.69) is 10.3 Å². The molecular formula is C25H27N3O4S2. The molecule has 9 heteroatoms. The Hall–Kier alpha value is -3.04. The summed E-state index contributed by atoms with van der Waals surface area (Å²) in [5, 5.41) is 5.40. The molecule has 1 aliphatic heterocycles. The fourth-order valence-corrected chi connectivity index (χ4v) is 5.40. The van der Waals surface area contributed by atoms with Crippen LogP contribution in [-0.4, -0.2) is 37.6 Å². The molecule has 1 saturated heterocycles. The highest BCUT2D eigenvalue weighted by Crippen LogP contribution is 2.29. The molecule has 178 valence electrons. The van der Waals surface area contributed by atoms with Gasteiger partial charge in [0.25, 0.3) is 0 Å². The number of hydrogen-bond donors (Lipinski definition) is 1. The summed E-state index contributed by atoms with van der Waals surface area (Å²) in [6.07, 6.45) is 0.206.